The number of carbonyl (C=O) groups excluding carboxylic acids is 2. The summed E-state index contributed by atoms with van der Waals surface area (Å²) in [7, 11) is 0. The number of hydrogen-bond acceptors (Lipinski definition) is 5. The summed E-state index contributed by atoms with van der Waals surface area (Å²) in [6, 6.07) is 18.6. The number of amides is 1. The molecule has 0 spiro atoms. The Labute approximate surface area is 179 Å². The number of benzene rings is 2. The third kappa shape index (κ3) is 5.01. The molecule has 2 aromatic carbocycles. The Bertz CT molecular complexity index is 1180. The molecule has 1 amide bonds. The molecule has 0 aliphatic heterocycles. The number of para-hydroxylation sites is 1. The Hall–Kier alpha value is -3.87. The average molecular weight is 417 g/mol. The van der Waals surface area contributed by atoms with Crippen molar-refractivity contribution < 1.29 is 18.8 Å². The summed E-state index contributed by atoms with van der Waals surface area (Å²) in [6.07, 6.45) is 2.46. The Morgan fingerprint density at radius 2 is 1.90 bits per heavy atom. The highest BCUT2D eigenvalue weighted by Gasteiger charge is 2.25. The van der Waals surface area contributed by atoms with Gasteiger partial charge in [-0.25, -0.2) is 0 Å². The molecule has 0 aliphatic carbocycles. The number of hydrogen-bond donors (Lipinski definition) is 2. The van der Waals surface area contributed by atoms with Crippen LogP contribution in [0.2, 0.25) is 0 Å². The minimum Gasteiger partial charge on any atom is -0.447 e. The molecule has 2 N–H and O–H groups in total. The summed E-state index contributed by atoms with van der Waals surface area (Å²) in [5, 5.41) is 7.56. The number of ether oxygens (including phenoxy) is 1. The molecule has 0 saturated carbocycles. The Balaban J connectivity index is 1.39. The van der Waals surface area contributed by atoms with Gasteiger partial charge in [0.15, 0.2) is 5.82 Å². The lowest BCUT2D eigenvalue weighted by atomic mass is 10.1. The van der Waals surface area contributed by atoms with Crippen molar-refractivity contribution in [3.8, 4) is 0 Å². The van der Waals surface area contributed by atoms with E-state index in [0.717, 1.165) is 22.9 Å². The molecule has 4 aromatic rings. The van der Waals surface area contributed by atoms with Gasteiger partial charge in [0.2, 0.25) is 6.10 Å². The normalized spacial score (nSPS) is 11.9. The number of H-pyrrole nitrogens is 1. The second-order valence-corrected chi connectivity index (χ2v) is 7.31. The lowest BCUT2D eigenvalue weighted by Gasteiger charge is -2.17. The minimum atomic E-state index is -1.07. The van der Waals surface area contributed by atoms with E-state index in [-0.39, 0.29) is 12.2 Å². The number of aromatic nitrogens is 2. The zero-order valence-corrected chi connectivity index (χ0v) is 17.1. The van der Waals surface area contributed by atoms with Crippen LogP contribution in [-0.2, 0) is 20.7 Å². The lowest BCUT2D eigenvalue weighted by molar-refractivity contribution is -0.154. The van der Waals surface area contributed by atoms with Gasteiger partial charge in [-0.05, 0) is 31.4 Å². The number of carbonyl (C=O) groups is 2. The van der Waals surface area contributed by atoms with E-state index in [0.29, 0.717) is 17.7 Å². The van der Waals surface area contributed by atoms with Gasteiger partial charge in [0.05, 0.1) is 0 Å². The molecule has 0 fully saturated rings. The SMILES string of the molecule is Cc1cc(NC(=O)C(OC(=O)CCCc2c[nH]c3ccccc23)c2ccccc2)no1. The number of nitrogens with one attached hydrogen (secondary N) is 2. The molecule has 4 rings (SSSR count). The molecular weight excluding hydrogens is 394 g/mol. The largest absolute Gasteiger partial charge is 0.447 e. The summed E-state index contributed by atoms with van der Waals surface area (Å²) < 4.78 is 10.5. The second kappa shape index (κ2) is 9.30. The van der Waals surface area contributed by atoms with E-state index in [1.165, 1.54) is 0 Å². The highest BCUT2D eigenvalue weighted by atomic mass is 16.5. The molecule has 158 valence electrons. The van der Waals surface area contributed by atoms with Gasteiger partial charge in [-0.3, -0.25) is 9.59 Å². The molecule has 2 aromatic heterocycles. The van der Waals surface area contributed by atoms with Crippen LogP contribution in [0.15, 0.2) is 71.4 Å². The number of fused-ring (bicyclic) bond motifs is 1. The number of anilines is 1. The molecule has 0 aliphatic rings. The van der Waals surface area contributed by atoms with E-state index in [4.69, 9.17) is 9.26 Å². The van der Waals surface area contributed by atoms with E-state index in [1.807, 2.05) is 30.5 Å². The molecule has 0 bridgehead atoms. The summed E-state index contributed by atoms with van der Waals surface area (Å²) in [6.45, 7) is 1.73. The lowest BCUT2D eigenvalue weighted by Crippen LogP contribution is -2.26. The first-order valence-corrected chi connectivity index (χ1v) is 10.1. The standard InChI is InChI=1S/C24H23N3O4/c1-16-14-21(27-31-16)26-24(29)23(17-8-3-2-4-9-17)30-22(28)13-7-10-18-15-25-20-12-6-5-11-19(18)20/h2-6,8-9,11-12,14-15,23,25H,7,10,13H2,1H3,(H,26,27,29). The third-order valence-corrected chi connectivity index (χ3v) is 4.97. The number of rotatable bonds is 8. The van der Waals surface area contributed by atoms with Crippen molar-refractivity contribution in [1.29, 1.82) is 0 Å². The van der Waals surface area contributed by atoms with Crippen LogP contribution in [0.4, 0.5) is 5.82 Å². The van der Waals surface area contributed by atoms with Gasteiger partial charge >= 0.3 is 5.97 Å². The molecule has 0 saturated heterocycles. The number of nitrogens with zero attached hydrogens (tertiary/aromatic N) is 1. The Morgan fingerprint density at radius 1 is 1.13 bits per heavy atom. The quantitative estimate of drug-likeness (QED) is 0.405. The Kier molecular flexibility index (Phi) is 6.12. The fraction of sp³-hybridized carbons (Fsp3) is 0.208. The number of aromatic amines is 1. The molecule has 2 heterocycles. The third-order valence-electron chi connectivity index (χ3n) is 4.97. The van der Waals surface area contributed by atoms with E-state index in [9.17, 15) is 9.59 Å². The summed E-state index contributed by atoms with van der Waals surface area (Å²) >= 11 is 0. The first kappa shape index (κ1) is 20.4. The maximum absolute atomic E-state index is 12.8. The first-order chi connectivity index (χ1) is 15.1. The van der Waals surface area contributed by atoms with Gasteiger partial charge in [-0.15, -0.1) is 0 Å². The van der Waals surface area contributed by atoms with Gasteiger partial charge in [0.1, 0.15) is 5.76 Å². The summed E-state index contributed by atoms with van der Waals surface area (Å²) in [5.41, 5.74) is 2.82. The Morgan fingerprint density at radius 3 is 2.68 bits per heavy atom. The molecular formula is C24H23N3O4. The minimum absolute atomic E-state index is 0.208. The second-order valence-electron chi connectivity index (χ2n) is 7.31. The fourth-order valence-corrected chi connectivity index (χ4v) is 3.47. The van der Waals surface area contributed by atoms with Gasteiger partial charge in [-0.1, -0.05) is 53.7 Å². The highest BCUT2D eigenvalue weighted by Crippen LogP contribution is 2.22. The van der Waals surface area contributed by atoms with Crippen LogP contribution in [0.1, 0.15) is 35.8 Å². The van der Waals surface area contributed by atoms with E-state index >= 15 is 0 Å². The molecule has 0 radical (unpaired) electrons. The van der Waals surface area contributed by atoms with Crippen molar-refractivity contribution in [1.82, 2.24) is 10.1 Å². The average Bonchev–Trinajstić information content (AvgIpc) is 3.38. The summed E-state index contributed by atoms with van der Waals surface area (Å²) in [4.78, 5) is 28.6. The van der Waals surface area contributed by atoms with Crippen molar-refractivity contribution in [3.05, 3.63) is 83.7 Å². The van der Waals surface area contributed by atoms with Crippen molar-refractivity contribution in [3.63, 3.8) is 0 Å². The zero-order chi connectivity index (χ0) is 21.6. The van der Waals surface area contributed by atoms with Crippen molar-refractivity contribution in [2.45, 2.75) is 32.3 Å². The molecule has 1 unspecified atom stereocenters. The predicted octanol–water partition coefficient (Wildman–Crippen LogP) is 4.71. The number of esters is 1. The summed E-state index contributed by atoms with van der Waals surface area (Å²) in [5.74, 6) is -0.0655. The molecule has 31 heavy (non-hydrogen) atoms. The monoisotopic (exact) mass is 417 g/mol. The fourth-order valence-electron chi connectivity index (χ4n) is 3.47. The van der Waals surface area contributed by atoms with Crippen molar-refractivity contribution in [2.24, 2.45) is 0 Å². The topological polar surface area (TPSA) is 97.2 Å². The van der Waals surface area contributed by atoms with Crippen LogP contribution in [0.5, 0.6) is 0 Å². The van der Waals surface area contributed by atoms with E-state index in [2.05, 4.69) is 21.5 Å². The van der Waals surface area contributed by atoms with Crippen molar-refractivity contribution >= 4 is 28.6 Å². The van der Waals surface area contributed by atoms with Crippen molar-refractivity contribution in [2.75, 3.05) is 5.32 Å². The zero-order valence-electron chi connectivity index (χ0n) is 17.1. The molecule has 7 nitrogen and oxygen atoms in total. The van der Waals surface area contributed by atoms with Gasteiger partial charge in [0.25, 0.3) is 5.91 Å². The molecule has 1 atom stereocenters. The van der Waals surface area contributed by atoms with Crippen LogP contribution < -0.4 is 5.32 Å². The van der Waals surface area contributed by atoms with Crippen LogP contribution in [-0.4, -0.2) is 22.0 Å². The smallest absolute Gasteiger partial charge is 0.306 e. The maximum Gasteiger partial charge on any atom is 0.306 e. The number of aryl methyl sites for hydroxylation is 2. The van der Waals surface area contributed by atoms with Gasteiger partial charge in [0, 0.05) is 35.2 Å². The van der Waals surface area contributed by atoms with E-state index < -0.39 is 18.0 Å². The highest BCUT2D eigenvalue weighted by molar-refractivity contribution is 5.95. The maximum atomic E-state index is 12.8. The van der Waals surface area contributed by atoms with Crippen LogP contribution in [0.3, 0.4) is 0 Å². The van der Waals surface area contributed by atoms with E-state index in [1.54, 1.807) is 37.3 Å². The van der Waals surface area contributed by atoms with Crippen LogP contribution >= 0.6 is 0 Å². The van der Waals surface area contributed by atoms with Crippen LogP contribution in [0, 0.1) is 6.92 Å². The van der Waals surface area contributed by atoms with Crippen LogP contribution in [0.25, 0.3) is 10.9 Å². The van der Waals surface area contributed by atoms with Gasteiger partial charge < -0.3 is 19.6 Å². The molecule has 7 heteroatoms. The van der Waals surface area contributed by atoms with Gasteiger partial charge in [-0.2, -0.15) is 0 Å². The predicted molar refractivity (Wildman–Crippen MR) is 116 cm³/mol. The first-order valence-electron chi connectivity index (χ1n) is 10.1.